The summed E-state index contributed by atoms with van der Waals surface area (Å²) in [6.45, 7) is 4.15. The molecule has 0 fully saturated rings. The summed E-state index contributed by atoms with van der Waals surface area (Å²) in [5, 5.41) is 0. The van der Waals surface area contributed by atoms with Crippen LogP contribution in [0.1, 0.15) is 5.56 Å². The number of hydrogen-bond donors (Lipinski definition) is 0. The van der Waals surface area contributed by atoms with Crippen LogP contribution < -0.4 is 4.74 Å². The van der Waals surface area contributed by atoms with E-state index in [9.17, 15) is 0 Å². The topological polar surface area (TPSA) is 18.5 Å². The molecular formula is C12H14O2. The highest BCUT2D eigenvalue weighted by Crippen LogP contribution is 2.17. The molecule has 1 aromatic carbocycles. The molecule has 0 saturated heterocycles. The summed E-state index contributed by atoms with van der Waals surface area (Å²) in [6, 6.07) is 7.74. The molecular weight excluding hydrogens is 176 g/mol. The van der Waals surface area contributed by atoms with Gasteiger partial charge in [-0.1, -0.05) is 18.7 Å². The lowest BCUT2D eigenvalue weighted by Gasteiger charge is -2.05. The average Bonchev–Trinajstić information content (AvgIpc) is 2.26. The van der Waals surface area contributed by atoms with Gasteiger partial charge in [-0.2, -0.15) is 0 Å². The molecule has 0 aromatic heterocycles. The maximum atomic E-state index is 5.07. The van der Waals surface area contributed by atoms with Gasteiger partial charge in [-0.05, 0) is 17.7 Å². The van der Waals surface area contributed by atoms with E-state index in [2.05, 4.69) is 12.3 Å². The minimum Gasteiger partial charge on any atom is -0.497 e. The second-order valence-electron chi connectivity index (χ2n) is 2.82. The summed E-state index contributed by atoms with van der Waals surface area (Å²) in [6.07, 6.45) is 0. The fourth-order valence-electron chi connectivity index (χ4n) is 1.17. The van der Waals surface area contributed by atoms with Crippen molar-refractivity contribution >= 4 is 5.57 Å². The summed E-state index contributed by atoms with van der Waals surface area (Å²) < 4.78 is 10.1. The van der Waals surface area contributed by atoms with E-state index in [1.807, 2.05) is 24.3 Å². The molecule has 0 N–H and O–H groups in total. The van der Waals surface area contributed by atoms with Crippen molar-refractivity contribution in [2.24, 2.45) is 0 Å². The average molecular weight is 190 g/mol. The van der Waals surface area contributed by atoms with E-state index in [1.165, 1.54) is 0 Å². The zero-order chi connectivity index (χ0) is 10.4. The van der Waals surface area contributed by atoms with Crippen molar-refractivity contribution in [1.29, 1.82) is 0 Å². The van der Waals surface area contributed by atoms with Gasteiger partial charge in [0.05, 0.1) is 13.7 Å². The number of benzene rings is 1. The first-order valence-corrected chi connectivity index (χ1v) is 4.34. The molecule has 1 aromatic rings. The molecule has 0 unspecified atom stereocenters. The van der Waals surface area contributed by atoms with Crippen molar-refractivity contribution in [3.63, 3.8) is 0 Å². The van der Waals surface area contributed by atoms with Gasteiger partial charge < -0.3 is 9.47 Å². The van der Waals surface area contributed by atoms with Crippen LogP contribution in [0, 0.1) is 0 Å². The lowest BCUT2D eigenvalue weighted by atomic mass is 10.1. The molecule has 0 aliphatic heterocycles. The van der Waals surface area contributed by atoms with Crippen molar-refractivity contribution in [3.05, 3.63) is 42.1 Å². The third kappa shape index (κ3) is 2.49. The number of hydrogen-bond acceptors (Lipinski definition) is 2. The van der Waals surface area contributed by atoms with Gasteiger partial charge >= 0.3 is 0 Å². The van der Waals surface area contributed by atoms with Crippen LogP contribution in [0.15, 0.2) is 36.6 Å². The Morgan fingerprint density at radius 3 is 2.36 bits per heavy atom. The van der Waals surface area contributed by atoms with Crippen LogP contribution in [-0.2, 0) is 4.74 Å². The van der Waals surface area contributed by atoms with E-state index >= 15 is 0 Å². The maximum absolute atomic E-state index is 5.07. The SMILES string of the molecule is C=C=C(COC)c1ccc(OC)cc1. The molecule has 1 rings (SSSR count). The first kappa shape index (κ1) is 10.6. The first-order valence-electron chi connectivity index (χ1n) is 4.34. The molecule has 0 saturated carbocycles. The predicted octanol–water partition coefficient (Wildman–Crippen LogP) is 2.51. The van der Waals surface area contributed by atoms with Crippen LogP contribution in [0.5, 0.6) is 5.75 Å². The Hall–Kier alpha value is -1.50. The van der Waals surface area contributed by atoms with E-state index in [0.29, 0.717) is 6.61 Å². The van der Waals surface area contributed by atoms with E-state index in [-0.39, 0.29) is 0 Å². The molecule has 14 heavy (non-hydrogen) atoms. The van der Waals surface area contributed by atoms with Crippen LogP contribution in [0.3, 0.4) is 0 Å². The van der Waals surface area contributed by atoms with Crippen LogP contribution in [0.2, 0.25) is 0 Å². The van der Waals surface area contributed by atoms with Gasteiger partial charge in [0.25, 0.3) is 0 Å². The zero-order valence-corrected chi connectivity index (χ0v) is 8.54. The Morgan fingerprint density at radius 2 is 1.93 bits per heavy atom. The summed E-state index contributed by atoms with van der Waals surface area (Å²) in [7, 11) is 3.30. The minimum atomic E-state index is 0.524. The van der Waals surface area contributed by atoms with Crippen molar-refractivity contribution in [3.8, 4) is 5.75 Å². The highest BCUT2D eigenvalue weighted by atomic mass is 16.5. The molecule has 0 aliphatic carbocycles. The van der Waals surface area contributed by atoms with Crippen molar-refractivity contribution in [2.45, 2.75) is 0 Å². The van der Waals surface area contributed by atoms with Crippen molar-refractivity contribution in [1.82, 2.24) is 0 Å². The van der Waals surface area contributed by atoms with Crippen LogP contribution in [0.25, 0.3) is 5.57 Å². The first-order chi connectivity index (χ1) is 6.81. The highest BCUT2D eigenvalue weighted by molar-refractivity contribution is 5.65. The van der Waals surface area contributed by atoms with Gasteiger partial charge in [0.2, 0.25) is 0 Å². The van der Waals surface area contributed by atoms with E-state index in [0.717, 1.165) is 16.9 Å². The van der Waals surface area contributed by atoms with Crippen LogP contribution in [0.4, 0.5) is 0 Å². The minimum absolute atomic E-state index is 0.524. The Bertz CT molecular complexity index is 332. The monoisotopic (exact) mass is 190 g/mol. The van der Waals surface area contributed by atoms with Crippen LogP contribution in [-0.4, -0.2) is 20.8 Å². The summed E-state index contributed by atoms with van der Waals surface area (Å²) in [4.78, 5) is 0. The quantitative estimate of drug-likeness (QED) is 0.679. The summed E-state index contributed by atoms with van der Waals surface area (Å²) >= 11 is 0. The molecule has 2 heteroatoms. The van der Waals surface area contributed by atoms with Crippen molar-refractivity contribution in [2.75, 3.05) is 20.8 Å². The lowest BCUT2D eigenvalue weighted by Crippen LogP contribution is -1.93. The third-order valence-electron chi connectivity index (χ3n) is 1.94. The van der Waals surface area contributed by atoms with E-state index in [4.69, 9.17) is 9.47 Å². The van der Waals surface area contributed by atoms with Crippen LogP contribution >= 0.6 is 0 Å². The number of ether oxygens (including phenoxy) is 2. The molecule has 0 atom stereocenters. The number of methoxy groups -OCH3 is 2. The van der Waals surface area contributed by atoms with Gasteiger partial charge in [-0.3, -0.25) is 0 Å². The second kappa shape index (κ2) is 5.28. The second-order valence-corrected chi connectivity index (χ2v) is 2.82. The summed E-state index contributed by atoms with van der Waals surface area (Å²) in [5.41, 5.74) is 4.87. The molecule has 0 heterocycles. The Balaban J connectivity index is 2.90. The number of rotatable bonds is 4. The molecule has 74 valence electrons. The standard InChI is InChI=1S/C12H14O2/c1-4-10(9-13-2)11-5-7-12(14-3)8-6-11/h5-8H,1,9H2,2-3H3. The Morgan fingerprint density at radius 1 is 1.29 bits per heavy atom. The van der Waals surface area contributed by atoms with Gasteiger partial charge in [0.1, 0.15) is 5.75 Å². The molecule has 0 radical (unpaired) electrons. The lowest BCUT2D eigenvalue weighted by molar-refractivity contribution is 0.240. The van der Waals surface area contributed by atoms with Gasteiger partial charge in [-0.25, -0.2) is 0 Å². The highest BCUT2D eigenvalue weighted by Gasteiger charge is 2.00. The smallest absolute Gasteiger partial charge is 0.118 e. The fraction of sp³-hybridized carbons (Fsp3) is 0.250. The van der Waals surface area contributed by atoms with E-state index < -0.39 is 0 Å². The van der Waals surface area contributed by atoms with Crippen molar-refractivity contribution < 1.29 is 9.47 Å². The third-order valence-corrected chi connectivity index (χ3v) is 1.94. The largest absolute Gasteiger partial charge is 0.497 e. The molecule has 0 amide bonds. The molecule has 0 aliphatic rings. The van der Waals surface area contributed by atoms with Gasteiger partial charge in [0.15, 0.2) is 0 Å². The Labute approximate surface area is 84.5 Å². The zero-order valence-electron chi connectivity index (χ0n) is 8.54. The normalized spacial score (nSPS) is 9.29. The van der Waals surface area contributed by atoms with E-state index in [1.54, 1.807) is 14.2 Å². The van der Waals surface area contributed by atoms with Gasteiger partial charge in [0, 0.05) is 12.7 Å². The molecule has 2 nitrogen and oxygen atoms in total. The molecule has 0 spiro atoms. The predicted molar refractivity (Wildman–Crippen MR) is 57.4 cm³/mol. The Kier molecular flexibility index (Phi) is 3.99. The summed E-state index contributed by atoms with van der Waals surface area (Å²) in [5.74, 6) is 0.842. The van der Waals surface area contributed by atoms with Gasteiger partial charge in [-0.15, -0.1) is 5.73 Å². The molecule has 0 bridgehead atoms. The maximum Gasteiger partial charge on any atom is 0.118 e. The fourth-order valence-corrected chi connectivity index (χ4v) is 1.17.